The molecule has 22 heavy (non-hydrogen) atoms. The molecule has 2 aliphatic carbocycles. The summed E-state index contributed by atoms with van der Waals surface area (Å²) in [5.74, 6) is 1.45. The van der Waals surface area contributed by atoms with Gasteiger partial charge in [-0.3, -0.25) is 4.79 Å². The first-order valence-electron chi connectivity index (χ1n) is 8.84. The molecule has 2 fully saturated rings. The van der Waals surface area contributed by atoms with Crippen LogP contribution in [0.25, 0.3) is 0 Å². The van der Waals surface area contributed by atoms with Crippen molar-refractivity contribution in [2.45, 2.75) is 38.5 Å². The third-order valence-electron chi connectivity index (χ3n) is 6.18. The van der Waals surface area contributed by atoms with E-state index in [0.717, 1.165) is 38.9 Å². The molecule has 1 amide bonds. The van der Waals surface area contributed by atoms with E-state index in [1.54, 1.807) is 0 Å². The maximum absolute atomic E-state index is 12.9. The summed E-state index contributed by atoms with van der Waals surface area (Å²) in [6.07, 6.45) is 7.02. The van der Waals surface area contributed by atoms with Crippen LogP contribution in [0.1, 0.15) is 36.8 Å². The zero-order valence-corrected chi connectivity index (χ0v) is 13.2. The Balaban J connectivity index is 1.37. The van der Waals surface area contributed by atoms with Gasteiger partial charge >= 0.3 is 0 Å². The average molecular weight is 298 g/mol. The van der Waals surface area contributed by atoms with Crippen molar-refractivity contribution in [1.82, 2.24) is 10.6 Å². The maximum atomic E-state index is 12.9. The van der Waals surface area contributed by atoms with E-state index in [2.05, 4.69) is 34.9 Å². The Kier molecular flexibility index (Phi) is 3.69. The van der Waals surface area contributed by atoms with Crippen molar-refractivity contribution in [3.8, 4) is 0 Å². The van der Waals surface area contributed by atoms with Crippen molar-refractivity contribution in [3.63, 3.8) is 0 Å². The van der Waals surface area contributed by atoms with Crippen molar-refractivity contribution in [3.05, 3.63) is 35.4 Å². The SMILES string of the molecule is O=C(NCC1Cc2ccccc2C1)[C@@]12CCCC[C@H]1CNC2. The van der Waals surface area contributed by atoms with Gasteiger partial charge in [0.25, 0.3) is 0 Å². The van der Waals surface area contributed by atoms with Gasteiger partial charge in [-0.25, -0.2) is 0 Å². The van der Waals surface area contributed by atoms with Crippen molar-refractivity contribution in [2.75, 3.05) is 19.6 Å². The van der Waals surface area contributed by atoms with E-state index < -0.39 is 0 Å². The molecule has 1 aliphatic heterocycles. The van der Waals surface area contributed by atoms with Crippen molar-refractivity contribution >= 4 is 5.91 Å². The number of fused-ring (bicyclic) bond motifs is 2. The molecule has 1 aromatic carbocycles. The summed E-state index contributed by atoms with van der Waals surface area (Å²) in [7, 11) is 0. The third-order valence-corrected chi connectivity index (χ3v) is 6.18. The first kappa shape index (κ1) is 14.3. The Morgan fingerprint density at radius 3 is 2.77 bits per heavy atom. The Hall–Kier alpha value is -1.35. The van der Waals surface area contributed by atoms with Crippen molar-refractivity contribution in [1.29, 1.82) is 0 Å². The summed E-state index contributed by atoms with van der Waals surface area (Å²) in [4.78, 5) is 12.9. The largest absolute Gasteiger partial charge is 0.355 e. The van der Waals surface area contributed by atoms with Gasteiger partial charge in [-0.2, -0.15) is 0 Å². The summed E-state index contributed by atoms with van der Waals surface area (Å²) in [5, 5.41) is 6.78. The van der Waals surface area contributed by atoms with Gasteiger partial charge in [0, 0.05) is 13.1 Å². The number of nitrogens with one attached hydrogen (secondary N) is 2. The predicted octanol–water partition coefficient (Wildman–Crippen LogP) is 2.30. The van der Waals surface area contributed by atoms with Crippen molar-refractivity contribution in [2.24, 2.45) is 17.3 Å². The molecule has 3 aliphatic rings. The molecule has 4 rings (SSSR count). The van der Waals surface area contributed by atoms with Crippen LogP contribution in [0.5, 0.6) is 0 Å². The molecule has 1 heterocycles. The third kappa shape index (κ3) is 2.36. The molecule has 3 nitrogen and oxygen atoms in total. The highest BCUT2D eigenvalue weighted by Gasteiger charge is 2.49. The van der Waals surface area contributed by atoms with E-state index in [0.29, 0.717) is 17.7 Å². The standard InChI is InChI=1S/C19H26N2O/c22-18(19-8-4-3-7-17(19)12-20-13-19)21-11-14-9-15-5-1-2-6-16(15)10-14/h1-2,5-6,14,17,20H,3-4,7-13H2,(H,21,22)/t17-,19+/m0/s1. The summed E-state index contributed by atoms with van der Waals surface area (Å²) in [6, 6.07) is 8.70. The molecule has 0 bridgehead atoms. The second kappa shape index (κ2) is 5.69. The minimum absolute atomic E-state index is 0.107. The van der Waals surface area contributed by atoms with Crippen LogP contribution >= 0.6 is 0 Å². The minimum Gasteiger partial charge on any atom is -0.355 e. The van der Waals surface area contributed by atoms with Gasteiger partial charge in [0.2, 0.25) is 5.91 Å². The minimum atomic E-state index is -0.107. The Labute approximate surface area is 132 Å². The summed E-state index contributed by atoms with van der Waals surface area (Å²) < 4.78 is 0. The number of carbonyl (C=O) groups excluding carboxylic acids is 1. The number of rotatable bonds is 3. The molecule has 1 aromatic rings. The van der Waals surface area contributed by atoms with Crippen LogP contribution in [0.3, 0.4) is 0 Å². The van der Waals surface area contributed by atoms with Crippen LogP contribution < -0.4 is 10.6 Å². The highest BCUT2D eigenvalue weighted by atomic mass is 16.2. The Morgan fingerprint density at radius 2 is 2.00 bits per heavy atom. The molecular weight excluding hydrogens is 272 g/mol. The predicted molar refractivity (Wildman–Crippen MR) is 87.6 cm³/mol. The van der Waals surface area contributed by atoms with E-state index in [1.807, 2.05) is 0 Å². The Bertz CT molecular complexity index is 545. The zero-order valence-electron chi connectivity index (χ0n) is 13.2. The monoisotopic (exact) mass is 298 g/mol. The molecule has 2 atom stereocenters. The van der Waals surface area contributed by atoms with E-state index in [1.165, 1.54) is 30.4 Å². The first-order valence-corrected chi connectivity index (χ1v) is 8.84. The smallest absolute Gasteiger partial charge is 0.227 e. The molecule has 0 spiro atoms. The van der Waals surface area contributed by atoms with Crippen LogP contribution in [-0.4, -0.2) is 25.5 Å². The Morgan fingerprint density at radius 1 is 1.23 bits per heavy atom. The van der Waals surface area contributed by atoms with Crippen molar-refractivity contribution < 1.29 is 4.79 Å². The first-order chi connectivity index (χ1) is 10.8. The fourth-order valence-electron chi connectivity index (χ4n) is 4.90. The molecular formula is C19H26N2O. The number of amides is 1. The second-order valence-electron chi connectivity index (χ2n) is 7.48. The van der Waals surface area contributed by atoms with Crippen LogP contribution in [0.4, 0.5) is 0 Å². The molecule has 1 saturated carbocycles. The van der Waals surface area contributed by atoms with E-state index in [9.17, 15) is 4.79 Å². The molecule has 0 radical (unpaired) electrons. The molecule has 118 valence electrons. The van der Waals surface area contributed by atoms with Gasteiger partial charge in [-0.05, 0) is 55.2 Å². The lowest BCUT2D eigenvalue weighted by atomic mass is 9.67. The van der Waals surface area contributed by atoms with E-state index in [-0.39, 0.29) is 5.41 Å². The molecule has 0 aromatic heterocycles. The number of carbonyl (C=O) groups is 1. The fourth-order valence-corrected chi connectivity index (χ4v) is 4.90. The molecule has 2 N–H and O–H groups in total. The summed E-state index contributed by atoms with van der Waals surface area (Å²) in [6.45, 7) is 2.75. The highest BCUT2D eigenvalue weighted by molar-refractivity contribution is 5.83. The normalized spacial score (nSPS) is 30.8. The van der Waals surface area contributed by atoms with Gasteiger partial charge in [-0.15, -0.1) is 0 Å². The van der Waals surface area contributed by atoms with Crippen LogP contribution in [0.2, 0.25) is 0 Å². The number of hydrogen-bond acceptors (Lipinski definition) is 2. The molecule has 1 saturated heterocycles. The fraction of sp³-hybridized carbons (Fsp3) is 0.632. The van der Waals surface area contributed by atoms with Crippen LogP contribution in [-0.2, 0) is 17.6 Å². The lowest BCUT2D eigenvalue weighted by Crippen LogP contribution is -2.48. The van der Waals surface area contributed by atoms with E-state index in [4.69, 9.17) is 0 Å². The lowest BCUT2D eigenvalue weighted by molar-refractivity contribution is -0.134. The number of benzene rings is 1. The van der Waals surface area contributed by atoms with Crippen LogP contribution in [0, 0.1) is 17.3 Å². The van der Waals surface area contributed by atoms with Gasteiger partial charge in [0.05, 0.1) is 5.41 Å². The van der Waals surface area contributed by atoms with E-state index >= 15 is 0 Å². The van der Waals surface area contributed by atoms with Gasteiger partial charge in [-0.1, -0.05) is 37.1 Å². The molecule has 3 heteroatoms. The quantitative estimate of drug-likeness (QED) is 0.899. The van der Waals surface area contributed by atoms with Gasteiger partial charge in [0.1, 0.15) is 0 Å². The summed E-state index contributed by atoms with van der Waals surface area (Å²) in [5.41, 5.74) is 2.83. The number of hydrogen-bond donors (Lipinski definition) is 2. The summed E-state index contributed by atoms with van der Waals surface area (Å²) >= 11 is 0. The molecule has 0 unspecified atom stereocenters. The zero-order chi connectivity index (χ0) is 15.0. The average Bonchev–Trinajstić information content (AvgIpc) is 3.16. The van der Waals surface area contributed by atoms with Crippen LogP contribution in [0.15, 0.2) is 24.3 Å². The topological polar surface area (TPSA) is 41.1 Å². The highest BCUT2D eigenvalue weighted by Crippen LogP contribution is 2.44. The second-order valence-corrected chi connectivity index (χ2v) is 7.48. The maximum Gasteiger partial charge on any atom is 0.227 e. The van der Waals surface area contributed by atoms with Gasteiger partial charge in [0.15, 0.2) is 0 Å². The van der Waals surface area contributed by atoms with Gasteiger partial charge < -0.3 is 10.6 Å². The lowest BCUT2D eigenvalue weighted by Gasteiger charge is -2.37.